The monoisotopic (exact) mass is 398 g/mol. The first kappa shape index (κ1) is 21.0. The molecular weight excluding hydrogens is 371 g/mol. The lowest BCUT2D eigenvalue weighted by atomic mass is 9.86. The van der Waals surface area contributed by atoms with Crippen LogP contribution in [0.2, 0.25) is 0 Å². The summed E-state index contributed by atoms with van der Waals surface area (Å²) in [5.74, 6) is -1.60. The molecule has 0 aliphatic heterocycles. The molecule has 0 bridgehead atoms. The normalized spacial score (nSPS) is 16.6. The molecule has 154 valence electrons. The molecule has 0 fully saturated rings. The molecule has 2 unspecified atom stereocenters. The Hall–Kier alpha value is -2.73. The zero-order valence-electron chi connectivity index (χ0n) is 16.6. The standard InChI is InChI=1S/C23H27FN2O3/c1-16-9-11-18(12-10-16)20(15-24)25-22(28)23(29)26(13-14-27)21-8-4-6-17-5-2-3-7-19(17)21/h2-3,5,7,9-12,20-21,27H,4,6,8,13-15H2,1H3,(H,25,28). The maximum absolute atomic E-state index is 13.6. The Morgan fingerprint density at radius 3 is 2.62 bits per heavy atom. The van der Waals surface area contributed by atoms with Crippen LogP contribution < -0.4 is 5.32 Å². The molecule has 0 saturated heterocycles. The molecule has 3 rings (SSSR count). The highest BCUT2D eigenvalue weighted by Gasteiger charge is 2.33. The number of alkyl halides is 1. The van der Waals surface area contributed by atoms with Gasteiger partial charge in [0.1, 0.15) is 6.67 Å². The first-order valence-electron chi connectivity index (χ1n) is 9.97. The van der Waals surface area contributed by atoms with Crippen molar-refractivity contribution in [1.82, 2.24) is 10.2 Å². The number of carbonyl (C=O) groups excluding carboxylic acids is 2. The molecule has 29 heavy (non-hydrogen) atoms. The van der Waals surface area contributed by atoms with E-state index in [4.69, 9.17) is 0 Å². The van der Waals surface area contributed by atoms with Gasteiger partial charge in [-0.25, -0.2) is 4.39 Å². The van der Waals surface area contributed by atoms with Crippen molar-refractivity contribution in [3.05, 3.63) is 70.8 Å². The van der Waals surface area contributed by atoms with Crippen LogP contribution in [0.25, 0.3) is 0 Å². The summed E-state index contributed by atoms with van der Waals surface area (Å²) in [6.07, 6.45) is 2.55. The number of aliphatic hydroxyl groups is 1. The highest BCUT2D eigenvalue weighted by atomic mass is 19.1. The Kier molecular flexibility index (Phi) is 6.99. The predicted molar refractivity (Wildman–Crippen MR) is 109 cm³/mol. The molecule has 0 saturated carbocycles. The predicted octanol–water partition coefficient (Wildman–Crippen LogP) is 3.02. The van der Waals surface area contributed by atoms with Gasteiger partial charge in [-0.05, 0) is 42.9 Å². The minimum atomic E-state index is -0.887. The van der Waals surface area contributed by atoms with E-state index in [1.165, 1.54) is 4.90 Å². The van der Waals surface area contributed by atoms with Crippen LogP contribution in [-0.2, 0) is 16.0 Å². The number of aliphatic hydroxyl groups excluding tert-OH is 1. The molecule has 1 aliphatic carbocycles. The number of nitrogens with one attached hydrogen (secondary N) is 1. The molecule has 2 N–H and O–H groups in total. The van der Waals surface area contributed by atoms with Crippen LogP contribution in [0, 0.1) is 6.92 Å². The van der Waals surface area contributed by atoms with Gasteiger partial charge in [0.25, 0.3) is 0 Å². The lowest BCUT2D eigenvalue weighted by Gasteiger charge is -2.35. The number of nitrogens with zero attached hydrogens (tertiary/aromatic N) is 1. The van der Waals surface area contributed by atoms with E-state index in [1.54, 1.807) is 12.1 Å². The largest absolute Gasteiger partial charge is 0.395 e. The van der Waals surface area contributed by atoms with Gasteiger partial charge in [0.2, 0.25) is 0 Å². The molecule has 2 atom stereocenters. The van der Waals surface area contributed by atoms with E-state index in [2.05, 4.69) is 5.32 Å². The average molecular weight is 398 g/mol. The van der Waals surface area contributed by atoms with Crippen LogP contribution in [-0.4, -0.2) is 41.6 Å². The van der Waals surface area contributed by atoms with Gasteiger partial charge in [0.05, 0.1) is 18.7 Å². The molecule has 2 aromatic carbocycles. The van der Waals surface area contributed by atoms with Crippen molar-refractivity contribution >= 4 is 11.8 Å². The summed E-state index contributed by atoms with van der Waals surface area (Å²) in [6, 6.07) is 13.9. The molecule has 5 nitrogen and oxygen atoms in total. The summed E-state index contributed by atoms with van der Waals surface area (Å²) >= 11 is 0. The summed E-state index contributed by atoms with van der Waals surface area (Å²) in [6.45, 7) is 0.914. The fraction of sp³-hybridized carbons (Fsp3) is 0.391. The number of hydrogen-bond donors (Lipinski definition) is 2. The van der Waals surface area contributed by atoms with E-state index >= 15 is 0 Å². The molecule has 0 spiro atoms. The molecular formula is C23H27FN2O3. The van der Waals surface area contributed by atoms with E-state index in [0.29, 0.717) is 5.56 Å². The van der Waals surface area contributed by atoms with Gasteiger partial charge in [-0.2, -0.15) is 0 Å². The quantitative estimate of drug-likeness (QED) is 0.735. The summed E-state index contributed by atoms with van der Waals surface area (Å²) in [5.41, 5.74) is 3.80. The van der Waals surface area contributed by atoms with Crippen LogP contribution in [0.3, 0.4) is 0 Å². The molecule has 0 aromatic heterocycles. The molecule has 0 heterocycles. The number of carbonyl (C=O) groups is 2. The molecule has 1 aliphatic rings. The third-order valence-electron chi connectivity index (χ3n) is 5.45. The van der Waals surface area contributed by atoms with Crippen molar-refractivity contribution in [1.29, 1.82) is 0 Å². The van der Waals surface area contributed by atoms with Gasteiger partial charge in [-0.3, -0.25) is 9.59 Å². The van der Waals surface area contributed by atoms with E-state index in [9.17, 15) is 19.1 Å². The SMILES string of the molecule is Cc1ccc(C(CF)NC(=O)C(=O)N(CCO)C2CCCc3ccccc32)cc1. The van der Waals surface area contributed by atoms with Crippen LogP contribution in [0.4, 0.5) is 4.39 Å². The van der Waals surface area contributed by atoms with Crippen LogP contribution >= 0.6 is 0 Å². The summed E-state index contributed by atoms with van der Waals surface area (Å²) < 4.78 is 13.6. The van der Waals surface area contributed by atoms with E-state index in [1.807, 2.05) is 43.3 Å². The van der Waals surface area contributed by atoms with E-state index in [0.717, 1.165) is 36.0 Å². The Balaban J connectivity index is 1.78. The van der Waals surface area contributed by atoms with Gasteiger partial charge in [-0.1, -0.05) is 54.1 Å². The Bertz CT molecular complexity index is 853. The van der Waals surface area contributed by atoms with Crippen molar-refractivity contribution < 1.29 is 19.1 Å². The number of amides is 2. The smallest absolute Gasteiger partial charge is 0.312 e. The topological polar surface area (TPSA) is 69.6 Å². The Labute approximate surface area is 170 Å². The number of halogens is 1. The van der Waals surface area contributed by atoms with Gasteiger partial charge in [0, 0.05) is 6.54 Å². The molecule has 2 aromatic rings. The second-order valence-electron chi connectivity index (χ2n) is 7.42. The number of fused-ring (bicyclic) bond motifs is 1. The van der Waals surface area contributed by atoms with Gasteiger partial charge < -0.3 is 15.3 Å². The Morgan fingerprint density at radius 2 is 1.93 bits per heavy atom. The molecule has 2 amide bonds. The first-order chi connectivity index (χ1) is 14.0. The minimum absolute atomic E-state index is 0.0517. The van der Waals surface area contributed by atoms with Gasteiger partial charge in [-0.15, -0.1) is 0 Å². The van der Waals surface area contributed by atoms with Crippen LogP contribution in [0.1, 0.15) is 47.2 Å². The van der Waals surface area contributed by atoms with Crippen molar-refractivity contribution in [2.45, 2.75) is 38.3 Å². The highest BCUT2D eigenvalue weighted by molar-refractivity contribution is 6.35. The van der Waals surface area contributed by atoms with E-state index in [-0.39, 0.29) is 19.2 Å². The highest BCUT2D eigenvalue weighted by Crippen LogP contribution is 2.34. The van der Waals surface area contributed by atoms with Crippen LogP contribution in [0.15, 0.2) is 48.5 Å². The second-order valence-corrected chi connectivity index (χ2v) is 7.42. The third-order valence-corrected chi connectivity index (χ3v) is 5.45. The van der Waals surface area contributed by atoms with Crippen molar-refractivity contribution in [3.63, 3.8) is 0 Å². The van der Waals surface area contributed by atoms with Crippen molar-refractivity contribution in [2.75, 3.05) is 19.8 Å². The number of benzene rings is 2. The van der Waals surface area contributed by atoms with E-state index < -0.39 is 24.5 Å². The second kappa shape index (κ2) is 9.65. The zero-order chi connectivity index (χ0) is 20.8. The van der Waals surface area contributed by atoms with Crippen molar-refractivity contribution in [2.24, 2.45) is 0 Å². The Morgan fingerprint density at radius 1 is 1.21 bits per heavy atom. The fourth-order valence-corrected chi connectivity index (χ4v) is 3.92. The van der Waals surface area contributed by atoms with Gasteiger partial charge in [0.15, 0.2) is 0 Å². The molecule has 0 radical (unpaired) electrons. The average Bonchev–Trinajstić information content (AvgIpc) is 2.75. The summed E-state index contributed by atoms with van der Waals surface area (Å²) in [4.78, 5) is 27.0. The zero-order valence-corrected chi connectivity index (χ0v) is 16.6. The summed E-state index contributed by atoms with van der Waals surface area (Å²) in [7, 11) is 0. The fourth-order valence-electron chi connectivity index (χ4n) is 3.92. The first-order valence-corrected chi connectivity index (χ1v) is 9.97. The minimum Gasteiger partial charge on any atom is -0.395 e. The number of aryl methyl sites for hydroxylation is 2. The lowest BCUT2D eigenvalue weighted by molar-refractivity contribution is -0.148. The summed E-state index contributed by atoms with van der Waals surface area (Å²) in [5, 5.41) is 12.0. The number of hydrogen-bond acceptors (Lipinski definition) is 3. The lowest BCUT2D eigenvalue weighted by Crippen LogP contribution is -2.47. The van der Waals surface area contributed by atoms with Crippen molar-refractivity contribution in [3.8, 4) is 0 Å². The maximum Gasteiger partial charge on any atom is 0.312 e. The maximum atomic E-state index is 13.6. The third kappa shape index (κ3) is 4.82. The molecule has 6 heteroatoms. The number of rotatable bonds is 6. The van der Waals surface area contributed by atoms with Crippen LogP contribution in [0.5, 0.6) is 0 Å². The van der Waals surface area contributed by atoms with Gasteiger partial charge >= 0.3 is 11.8 Å².